The van der Waals surface area contributed by atoms with Crippen molar-refractivity contribution in [1.82, 2.24) is 10.2 Å². The van der Waals surface area contributed by atoms with Gasteiger partial charge in [0.15, 0.2) is 0 Å². The summed E-state index contributed by atoms with van der Waals surface area (Å²) in [5.74, 6) is 1.29. The Bertz CT molecular complexity index is 963. The number of hydrogen-bond donors (Lipinski definition) is 1. The van der Waals surface area contributed by atoms with Gasteiger partial charge >= 0.3 is 0 Å². The number of carbonyl (C=O) groups excluding carboxylic acids is 2. The highest BCUT2D eigenvalue weighted by atomic mass is 32.2. The number of rotatable bonds is 10. The van der Waals surface area contributed by atoms with E-state index in [1.165, 1.54) is 16.7 Å². The zero-order valence-electron chi connectivity index (χ0n) is 17.2. The summed E-state index contributed by atoms with van der Waals surface area (Å²) in [5.41, 5.74) is 0.867. The molecule has 1 N–H and O–H groups in total. The van der Waals surface area contributed by atoms with E-state index in [1.54, 1.807) is 13.2 Å². The van der Waals surface area contributed by atoms with Crippen LogP contribution >= 0.6 is 24.0 Å². The summed E-state index contributed by atoms with van der Waals surface area (Å²) in [4.78, 5) is 26.8. The number of hydrogen-bond acceptors (Lipinski definition) is 6. The molecule has 0 atom stereocenters. The van der Waals surface area contributed by atoms with Gasteiger partial charge < -0.3 is 14.8 Å². The van der Waals surface area contributed by atoms with E-state index in [4.69, 9.17) is 21.7 Å². The van der Waals surface area contributed by atoms with Crippen LogP contribution in [0.3, 0.4) is 0 Å². The minimum Gasteiger partial charge on any atom is -0.497 e. The Kier molecular flexibility index (Phi) is 8.49. The number of thioether (sulfide) groups is 1. The maximum absolute atomic E-state index is 12.7. The van der Waals surface area contributed by atoms with Crippen LogP contribution in [0.5, 0.6) is 11.5 Å². The van der Waals surface area contributed by atoms with Crippen molar-refractivity contribution >= 4 is 46.2 Å². The molecule has 1 saturated heterocycles. The van der Waals surface area contributed by atoms with E-state index in [0.717, 1.165) is 17.1 Å². The number of para-hydroxylation sites is 1. The van der Waals surface area contributed by atoms with Crippen LogP contribution in [0.2, 0.25) is 0 Å². The van der Waals surface area contributed by atoms with E-state index in [9.17, 15) is 9.59 Å². The van der Waals surface area contributed by atoms with Crippen molar-refractivity contribution in [3.8, 4) is 11.5 Å². The molecule has 1 heterocycles. The van der Waals surface area contributed by atoms with Gasteiger partial charge in [-0.1, -0.05) is 54.3 Å². The Morgan fingerprint density at radius 2 is 1.94 bits per heavy atom. The third kappa shape index (κ3) is 6.83. The van der Waals surface area contributed by atoms with Crippen molar-refractivity contribution in [2.24, 2.45) is 0 Å². The van der Waals surface area contributed by atoms with Crippen LogP contribution in [0.4, 0.5) is 0 Å². The Hall–Kier alpha value is -2.84. The third-order valence-electron chi connectivity index (χ3n) is 4.48. The predicted octanol–water partition coefficient (Wildman–Crippen LogP) is 3.87. The minimum absolute atomic E-state index is 0.0750. The van der Waals surface area contributed by atoms with E-state index in [2.05, 4.69) is 5.32 Å². The lowest BCUT2D eigenvalue weighted by Crippen LogP contribution is -2.37. The zero-order valence-corrected chi connectivity index (χ0v) is 18.8. The molecule has 8 heteroatoms. The number of thiocarbonyl (C=S) groups is 1. The van der Waals surface area contributed by atoms with Crippen molar-refractivity contribution < 1.29 is 19.1 Å². The van der Waals surface area contributed by atoms with Gasteiger partial charge in [-0.3, -0.25) is 14.5 Å². The molecule has 2 aromatic carbocycles. The highest BCUT2D eigenvalue weighted by molar-refractivity contribution is 8.26. The van der Waals surface area contributed by atoms with Crippen molar-refractivity contribution in [3.05, 3.63) is 65.1 Å². The first-order valence-electron chi connectivity index (χ1n) is 9.91. The summed E-state index contributed by atoms with van der Waals surface area (Å²) in [6, 6.07) is 17.0. The zero-order chi connectivity index (χ0) is 22.1. The Morgan fingerprint density at radius 3 is 2.71 bits per heavy atom. The van der Waals surface area contributed by atoms with Gasteiger partial charge in [0.2, 0.25) is 5.91 Å². The van der Waals surface area contributed by atoms with Gasteiger partial charge in [0.05, 0.1) is 18.6 Å². The number of carbonyl (C=O) groups is 2. The van der Waals surface area contributed by atoms with Gasteiger partial charge in [0.1, 0.15) is 15.8 Å². The molecule has 0 aromatic heterocycles. The molecular weight excluding hydrogens is 432 g/mol. The van der Waals surface area contributed by atoms with Crippen LogP contribution in [0.15, 0.2) is 59.5 Å². The molecule has 3 rings (SSSR count). The van der Waals surface area contributed by atoms with E-state index in [-0.39, 0.29) is 11.8 Å². The molecule has 0 bridgehead atoms. The standard InChI is InChI=1S/C23H24N2O4S2/c1-28-19-10-5-7-17(15-19)16-20-22(27)25(23(30)31-20)13-12-24-21(26)11-6-14-29-18-8-3-2-4-9-18/h2-5,7-10,15-16H,6,11-14H2,1H3,(H,24,26)/b20-16+. The van der Waals surface area contributed by atoms with Crippen LogP contribution in [0.25, 0.3) is 6.08 Å². The molecule has 162 valence electrons. The first kappa shape index (κ1) is 22.8. The van der Waals surface area contributed by atoms with Gasteiger partial charge in [0, 0.05) is 19.5 Å². The average Bonchev–Trinajstić information content (AvgIpc) is 3.05. The highest BCUT2D eigenvalue weighted by Gasteiger charge is 2.31. The third-order valence-corrected chi connectivity index (χ3v) is 5.86. The molecule has 0 aliphatic carbocycles. The molecule has 2 amide bonds. The van der Waals surface area contributed by atoms with E-state index < -0.39 is 0 Å². The summed E-state index contributed by atoms with van der Waals surface area (Å²) < 4.78 is 11.3. The van der Waals surface area contributed by atoms with Crippen molar-refractivity contribution in [2.75, 3.05) is 26.8 Å². The molecular formula is C23H24N2O4S2. The van der Waals surface area contributed by atoms with E-state index in [0.29, 0.717) is 41.8 Å². The fourth-order valence-electron chi connectivity index (χ4n) is 2.91. The maximum Gasteiger partial charge on any atom is 0.266 e. The quantitative estimate of drug-likeness (QED) is 0.333. The molecule has 2 aromatic rings. The lowest BCUT2D eigenvalue weighted by Gasteiger charge is -2.14. The van der Waals surface area contributed by atoms with Gasteiger partial charge in [-0.05, 0) is 42.3 Å². The molecule has 31 heavy (non-hydrogen) atoms. The van der Waals surface area contributed by atoms with Crippen molar-refractivity contribution in [2.45, 2.75) is 12.8 Å². The molecule has 1 aliphatic rings. The second-order valence-electron chi connectivity index (χ2n) is 6.72. The normalized spacial score (nSPS) is 14.7. The number of nitrogens with zero attached hydrogens (tertiary/aromatic N) is 1. The van der Waals surface area contributed by atoms with Crippen LogP contribution in [-0.2, 0) is 9.59 Å². The Balaban J connectivity index is 1.40. The van der Waals surface area contributed by atoms with Gasteiger partial charge in [-0.15, -0.1) is 0 Å². The number of nitrogens with one attached hydrogen (secondary N) is 1. The Labute approximate surface area is 191 Å². The minimum atomic E-state index is -0.150. The first-order valence-corrected chi connectivity index (χ1v) is 11.1. The summed E-state index contributed by atoms with van der Waals surface area (Å²) in [5, 5.41) is 2.84. The molecule has 0 radical (unpaired) electrons. The molecule has 1 fully saturated rings. The number of methoxy groups -OCH3 is 1. The second kappa shape index (κ2) is 11.5. The van der Waals surface area contributed by atoms with Gasteiger partial charge in [-0.25, -0.2) is 0 Å². The lowest BCUT2D eigenvalue weighted by molar-refractivity contribution is -0.124. The molecule has 0 saturated carbocycles. The van der Waals surface area contributed by atoms with Crippen molar-refractivity contribution in [1.29, 1.82) is 0 Å². The van der Waals surface area contributed by atoms with Crippen LogP contribution in [-0.4, -0.2) is 47.8 Å². The smallest absolute Gasteiger partial charge is 0.266 e. The molecule has 6 nitrogen and oxygen atoms in total. The van der Waals surface area contributed by atoms with E-state index in [1.807, 2.05) is 54.6 Å². The summed E-state index contributed by atoms with van der Waals surface area (Å²) in [6.45, 7) is 1.16. The van der Waals surface area contributed by atoms with Gasteiger partial charge in [0.25, 0.3) is 5.91 Å². The first-order chi connectivity index (χ1) is 15.1. The molecule has 1 aliphatic heterocycles. The fourth-order valence-corrected chi connectivity index (χ4v) is 4.22. The Morgan fingerprint density at radius 1 is 1.16 bits per heavy atom. The number of ether oxygens (including phenoxy) is 2. The van der Waals surface area contributed by atoms with Crippen molar-refractivity contribution in [3.63, 3.8) is 0 Å². The maximum atomic E-state index is 12.7. The molecule has 0 unspecified atom stereocenters. The monoisotopic (exact) mass is 456 g/mol. The second-order valence-corrected chi connectivity index (χ2v) is 8.40. The fraction of sp³-hybridized carbons (Fsp3) is 0.261. The van der Waals surface area contributed by atoms with Crippen LogP contribution < -0.4 is 14.8 Å². The summed E-state index contributed by atoms with van der Waals surface area (Å²) >= 11 is 6.61. The SMILES string of the molecule is COc1cccc(/C=C2/SC(=S)N(CCNC(=O)CCCOc3ccccc3)C2=O)c1. The lowest BCUT2D eigenvalue weighted by atomic mass is 10.2. The van der Waals surface area contributed by atoms with Crippen LogP contribution in [0, 0.1) is 0 Å². The largest absolute Gasteiger partial charge is 0.497 e. The topological polar surface area (TPSA) is 67.9 Å². The van der Waals surface area contributed by atoms with Gasteiger partial charge in [-0.2, -0.15) is 0 Å². The van der Waals surface area contributed by atoms with Crippen LogP contribution in [0.1, 0.15) is 18.4 Å². The van der Waals surface area contributed by atoms with E-state index >= 15 is 0 Å². The number of benzene rings is 2. The number of amides is 2. The highest BCUT2D eigenvalue weighted by Crippen LogP contribution is 2.32. The predicted molar refractivity (Wildman–Crippen MR) is 127 cm³/mol. The molecule has 0 spiro atoms. The average molecular weight is 457 g/mol. The summed E-state index contributed by atoms with van der Waals surface area (Å²) in [6.07, 6.45) is 2.78. The summed E-state index contributed by atoms with van der Waals surface area (Å²) in [7, 11) is 1.60.